The molecule has 1 aromatic heterocycles. The average molecular weight is 401 g/mol. The smallest absolute Gasteiger partial charge is 0.282 e. The quantitative estimate of drug-likeness (QED) is 0.462. The number of nitro benzene ring substituents is 1. The van der Waals surface area contributed by atoms with Gasteiger partial charge in [-0.1, -0.05) is 12.1 Å². The van der Waals surface area contributed by atoms with Crippen LogP contribution in [0.2, 0.25) is 0 Å². The second-order valence-electron chi connectivity index (χ2n) is 5.66. The molecule has 0 unspecified atom stereocenters. The number of nitro groups is 1. The lowest BCUT2D eigenvalue weighted by molar-refractivity contribution is -0.385. The van der Waals surface area contributed by atoms with Gasteiger partial charge < -0.3 is 9.73 Å². The van der Waals surface area contributed by atoms with Crippen molar-refractivity contribution in [1.82, 2.24) is 4.72 Å². The molecule has 0 spiro atoms. The molecule has 1 heterocycles. The summed E-state index contributed by atoms with van der Waals surface area (Å²) in [6.45, 7) is 0.00545. The van der Waals surface area contributed by atoms with Crippen molar-refractivity contribution in [3.8, 4) is 0 Å². The molecular formula is C18H15N3O6S. The van der Waals surface area contributed by atoms with Crippen molar-refractivity contribution in [2.24, 2.45) is 0 Å². The molecular weight excluding hydrogens is 386 g/mol. The van der Waals surface area contributed by atoms with Gasteiger partial charge in [-0.15, -0.1) is 0 Å². The van der Waals surface area contributed by atoms with E-state index in [1.807, 2.05) is 0 Å². The third-order valence-electron chi connectivity index (χ3n) is 3.78. The summed E-state index contributed by atoms with van der Waals surface area (Å²) in [5.41, 5.74) is -0.112. The Kier molecular flexibility index (Phi) is 5.52. The molecule has 3 aromatic rings. The second-order valence-corrected chi connectivity index (χ2v) is 7.42. The number of sulfonamides is 1. The van der Waals surface area contributed by atoms with Crippen LogP contribution in [0.4, 0.5) is 11.4 Å². The topological polar surface area (TPSA) is 132 Å². The van der Waals surface area contributed by atoms with Crippen LogP contribution in [0.5, 0.6) is 0 Å². The number of carbonyl (C=O) groups excluding carboxylic acids is 1. The Morgan fingerprint density at radius 2 is 1.75 bits per heavy atom. The number of carbonyl (C=O) groups is 1. The van der Waals surface area contributed by atoms with Gasteiger partial charge >= 0.3 is 0 Å². The molecule has 0 saturated heterocycles. The Labute approximate surface area is 160 Å². The van der Waals surface area contributed by atoms with E-state index in [1.165, 1.54) is 54.8 Å². The van der Waals surface area contributed by atoms with E-state index in [-0.39, 0.29) is 22.7 Å². The minimum atomic E-state index is -3.76. The van der Waals surface area contributed by atoms with Crippen molar-refractivity contribution in [2.75, 3.05) is 5.32 Å². The highest BCUT2D eigenvalue weighted by Gasteiger charge is 2.20. The first-order valence-electron chi connectivity index (χ1n) is 8.04. The summed E-state index contributed by atoms with van der Waals surface area (Å²) in [6.07, 6.45) is 1.44. The van der Waals surface area contributed by atoms with Gasteiger partial charge in [-0.05, 0) is 42.5 Å². The molecule has 0 saturated carbocycles. The first-order valence-corrected chi connectivity index (χ1v) is 9.52. The summed E-state index contributed by atoms with van der Waals surface area (Å²) in [7, 11) is -3.76. The van der Waals surface area contributed by atoms with Crippen molar-refractivity contribution in [3.63, 3.8) is 0 Å². The Morgan fingerprint density at radius 1 is 1.04 bits per heavy atom. The first kappa shape index (κ1) is 19.3. The minimum Gasteiger partial charge on any atom is -0.468 e. The summed E-state index contributed by atoms with van der Waals surface area (Å²) in [4.78, 5) is 22.7. The van der Waals surface area contributed by atoms with Crippen molar-refractivity contribution in [3.05, 3.63) is 88.4 Å². The number of nitrogens with one attached hydrogen (secondary N) is 2. The third-order valence-corrected chi connectivity index (χ3v) is 5.20. The fraction of sp³-hybridized carbons (Fsp3) is 0.0556. The highest BCUT2D eigenvalue weighted by molar-refractivity contribution is 7.89. The van der Waals surface area contributed by atoms with E-state index in [1.54, 1.807) is 12.1 Å². The average Bonchev–Trinajstić information content (AvgIpc) is 3.20. The lowest BCUT2D eigenvalue weighted by Crippen LogP contribution is -2.23. The Morgan fingerprint density at radius 3 is 2.39 bits per heavy atom. The first-order chi connectivity index (χ1) is 13.4. The number of anilines is 1. The summed E-state index contributed by atoms with van der Waals surface area (Å²) < 4.78 is 32.0. The molecule has 0 fully saturated rings. The van der Waals surface area contributed by atoms with Gasteiger partial charge in [-0.3, -0.25) is 14.9 Å². The summed E-state index contributed by atoms with van der Waals surface area (Å²) >= 11 is 0. The molecule has 28 heavy (non-hydrogen) atoms. The zero-order valence-electron chi connectivity index (χ0n) is 14.4. The van der Waals surface area contributed by atoms with Crippen LogP contribution in [0.3, 0.4) is 0 Å². The summed E-state index contributed by atoms with van der Waals surface area (Å²) in [5.74, 6) is -0.198. The van der Waals surface area contributed by atoms with Crippen LogP contribution in [-0.2, 0) is 16.6 Å². The van der Waals surface area contributed by atoms with E-state index < -0.39 is 20.9 Å². The van der Waals surface area contributed by atoms with Crippen molar-refractivity contribution >= 4 is 27.3 Å². The number of furan rings is 1. The number of nitrogens with zero attached hydrogens (tertiary/aromatic N) is 1. The SMILES string of the molecule is O=C(Nc1ccc(S(=O)(=O)NCc2ccco2)cc1)c1ccccc1[N+](=O)[O-]. The summed E-state index contributed by atoms with van der Waals surface area (Å²) in [6, 6.07) is 14.3. The maximum absolute atomic E-state index is 12.3. The summed E-state index contributed by atoms with van der Waals surface area (Å²) in [5, 5.41) is 13.5. The van der Waals surface area contributed by atoms with Gasteiger partial charge in [0.1, 0.15) is 11.3 Å². The number of hydrogen-bond acceptors (Lipinski definition) is 6. The minimum absolute atomic E-state index is 0.00254. The molecule has 9 nitrogen and oxygen atoms in total. The van der Waals surface area contributed by atoms with Crippen LogP contribution in [0.15, 0.2) is 76.2 Å². The molecule has 0 atom stereocenters. The fourth-order valence-electron chi connectivity index (χ4n) is 2.40. The zero-order valence-corrected chi connectivity index (χ0v) is 15.2. The van der Waals surface area contributed by atoms with Crippen LogP contribution in [0.25, 0.3) is 0 Å². The highest BCUT2D eigenvalue weighted by Crippen LogP contribution is 2.20. The molecule has 0 aliphatic heterocycles. The predicted octanol–water partition coefficient (Wildman–Crippen LogP) is 2.92. The van der Waals surface area contributed by atoms with E-state index >= 15 is 0 Å². The molecule has 0 aliphatic carbocycles. The standard InChI is InChI=1S/C18H15N3O6S/c22-18(16-5-1-2-6-17(16)21(23)24)20-13-7-9-15(10-8-13)28(25,26)19-12-14-4-3-11-27-14/h1-11,19H,12H2,(H,20,22). The molecule has 2 N–H and O–H groups in total. The Balaban J connectivity index is 1.70. The number of para-hydroxylation sites is 1. The fourth-order valence-corrected chi connectivity index (χ4v) is 3.40. The van der Waals surface area contributed by atoms with Gasteiger partial charge in [0.05, 0.1) is 22.6 Å². The second kappa shape index (κ2) is 8.03. The van der Waals surface area contributed by atoms with Gasteiger partial charge in [-0.25, -0.2) is 13.1 Å². The van der Waals surface area contributed by atoms with Gasteiger partial charge in [0.2, 0.25) is 10.0 Å². The molecule has 0 radical (unpaired) electrons. The molecule has 0 bridgehead atoms. The van der Waals surface area contributed by atoms with E-state index in [4.69, 9.17) is 4.42 Å². The monoisotopic (exact) mass is 401 g/mol. The van der Waals surface area contributed by atoms with Crippen LogP contribution < -0.4 is 10.0 Å². The number of hydrogen-bond donors (Lipinski definition) is 2. The van der Waals surface area contributed by atoms with Crippen molar-refractivity contribution in [1.29, 1.82) is 0 Å². The maximum atomic E-state index is 12.3. The van der Waals surface area contributed by atoms with E-state index in [9.17, 15) is 23.3 Å². The molecule has 10 heteroatoms. The van der Waals surface area contributed by atoms with Gasteiger partial charge in [-0.2, -0.15) is 0 Å². The normalized spacial score (nSPS) is 11.1. The van der Waals surface area contributed by atoms with Crippen LogP contribution >= 0.6 is 0 Å². The maximum Gasteiger partial charge on any atom is 0.282 e. The molecule has 2 aromatic carbocycles. The zero-order chi connectivity index (χ0) is 20.1. The third kappa shape index (κ3) is 4.42. The number of benzene rings is 2. The van der Waals surface area contributed by atoms with Gasteiger partial charge in [0.25, 0.3) is 11.6 Å². The number of amides is 1. The van der Waals surface area contributed by atoms with Crippen LogP contribution in [0, 0.1) is 10.1 Å². The predicted molar refractivity (Wildman–Crippen MR) is 100 cm³/mol. The van der Waals surface area contributed by atoms with E-state index in [2.05, 4.69) is 10.0 Å². The van der Waals surface area contributed by atoms with Gasteiger partial charge in [0, 0.05) is 11.8 Å². The Hall–Kier alpha value is -3.50. The van der Waals surface area contributed by atoms with Crippen molar-refractivity contribution < 1.29 is 22.6 Å². The Bertz CT molecular complexity index is 1090. The lowest BCUT2D eigenvalue weighted by Gasteiger charge is -2.08. The molecule has 0 aliphatic rings. The van der Waals surface area contributed by atoms with E-state index in [0.29, 0.717) is 11.4 Å². The van der Waals surface area contributed by atoms with Crippen molar-refractivity contribution in [2.45, 2.75) is 11.4 Å². The van der Waals surface area contributed by atoms with E-state index in [0.717, 1.165) is 0 Å². The lowest BCUT2D eigenvalue weighted by atomic mass is 10.1. The molecule has 144 valence electrons. The largest absolute Gasteiger partial charge is 0.468 e. The molecule has 3 rings (SSSR count). The highest BCUT2D eigenvalue weighted by atomic mass is 32.2. The van der Waals surface area contributed by atoms with Crippen LogP contribution in [-0.4, -0.2) is 19.2 Å². The number of rotatable bonds is 7. The van der Waals surface area contributed by atoms with Crippen LogP contribution in [0.1, 0.15) is 16.1 Å². The molecule has 1 amide bonds. The van der Waals surface area contributed by atoms with Gasteiger partial charge in [0.15, 0.2) is 0 Å².